The highest BCUT2D eigenvalue weighted by atomic mass is 35.5. The van der Waals surface area contributed by atoms with Gasteiger partial charge in [-0.3, -0.25) is 0 Å². The fraction of sp³-hybridized carbons (Fsp3) is 0.385. The van der Waals surface area contributed by atoms with Crippen molar-refractivity contribution in [2.45, 2.75) is 25.3 Å². The topological polar surface area (TPSA) is 35.2 Å². The zero-order valence-corrected chi connectivity index (χ0v) is 10.1. The molecule has 1 fully saturated rings. The van der Waals surface area contributed by atoms with Gasteiger partial charge in [-0.25, -0.2) is 0 Å². The molecular weight excluding hydrogens is 222 g/mol. The lowest BCUT2D eigenvalue weighted by Crippen LogP contribution is -2.13. The summed E-state index contributed by atoms with van der Waals surface area (Å²) in [4.78, 5) is 0. The molecule has 0 spiro atoms. The maximum atomic E-state index is 5.98. The molecule has 0 radical (unpaired) electrons. The minimum Gasteiger partial charge on any atom is -0.496 e. The molecule has 1 saturated carbocycles. The first-order valence-electron chi connectivity index (χ1n) is 5.47. The summed E-state index contributed by atoms with van der Waals surface area (Å²) in [6, 6.07) is 5.97. The molecule has 0 amide bonds. The summed E-state index contributed by atoms with van der Waals surface area (Å²) in [7, 11) is 1.67. The number of ether oxygens (including phenoxy) is 1. The van der Waals surface area contributed by atoms with Crippen molar-refractivity contribution in [1.29, 1.82) is 0 Å². The van der Waals surface area contributed by atoms with Gasteiger partial charge in [-0.2, -0.15) is 0 Å². The van der Waals surface area contributed by atoms with Crippen LogP contribution >= 0.6 is 11.6 Å². The van der Waals surface area contributed by atoms with Crippen molar-refractivity contribution in [2.24, 2.45) is 5.73 Å². The quantitative estimate of drug-likeness (QED) is 0.857. The smallest absolute Gasteiger partial charge is 0.126 e. The second-order valence-electron chi connectivity index (χ2n) is 4.19. The molecule has 1 unspecified atom stereocenters. The zero-order chi connectivity index (χ0) is 11.5. The van der Waals surface area contributed by atoms with Crippen LogP contribution < -0.4 is 10.5 Å². The van der Waals surface area contributed by atoms with Crippen molar-refractivity contribution >= 4 is 17.7 Å². The molecule has 16 heavy (non-hydrogen) atoms. The van der Waals surface area contributed by atoms with Crippen LogP contribution in [0.2, 0.25) is 5.02 Å². The normalized spacial score (nSPS) is 22.7. The number of halogens is 1. The molecule has 1 aliphatic rings. The largest absolute Gasteiger partial charge is 0.496 e. The van der Waals surface area contributed by atoms with E-state index in [4.69, 9.17) is 22.1 Å². The fourth-order valence-electron chi connectivity index (χ4n) is 2.08. The third kappa shape index (κ3) is 2.57. The second-order valence-corrected chi connectivity index (χ2v) is 4.63. The van der Waals surface area contributed by atoms with Crippen molar-refractivity contribution < 1.29 is 4.74 Å². The van der Waals surface area contributed by atoms with Crippen LogP contribution in [0.3, 0.4) is 0 Å². The molecule has 1 aliphatic carbocycles. The van der Waals surface area contributed by atoms with Gasteiger partial charge in [-0.15, -0.1) is 0 Å². The predicted molar refractivity (Wildman–Crippen MR) is 67.8 cm³/mol. The second kappa shape index (κ2) is 4.89. The Morgan fingerprint density at radius 1 is 1.50 bits per heavy atom. The number of rotatable bonds is 2. The Labute approximate surface area is 101 Å². The van der Waals surface area contributed by atoms with Gasteiger partial charge in [-0.05, 0) is 37.5 Å². The number of nitrogens with two attached hydrogens (primary N) is 1. The van der Waals surface area contributed by atoms with Crippen LogP contribution in [0.4, 0.5) is 0 Å². The van der Waals surface area contributed by atoms with Crippen LogP contribution in [0, 0.1) is 0 Å². The molecule has 0 saturated heterocycles. The van der Waals surface area contributed by atoms with Crippen LogP contribution in [0.15, 0.2) is 23.8 Å². The van der Waals surface area contributed by atoms with E-state index >= 15 is 0 Å². The maximum absolute atomic E-state index is 5.98. The molecule has 86 valence electrons. The summed E-state index contributed by atoms with van der Waals surface area (Å²) < 4.78 is 5.30. The van der Waals surface area contributed by atoms with Crippen LogP contribution in [0.5, 0.6) is 5.75 Å². The molecule has 1 aromatic carbocycles. The van der Waals surface area contributed by atoms with Crippen LogP contribution in [-0.4, -0.2) is 13.2 Å². The first-order chi connectivity index (χ1) is 7.69. The molecule has 1 atom stereocenters. The molecule has 0 aromatic heterocycles. The Bertz CT molecular complexity index is 414. The lowest BCUT2D eigenvalue weighted by Gasteiger charge is -2.06. The number of methoxy groups -OCH3 is 1. The monoisotopic (exact) mass is 237 g/mol. The molecule has 2 nitrogen and oxygen atoms in total. The zero-order valence-electron chi connectivity index (χ0n) is 9.37. The Kier molecular flexibility index (Phi) is 3.52. The summed E-state index contributed by atoms with van der Waals surface area (Å²) in [6.07, 6.45) is 5.29. The minimum atomic E-state index is 0.316. The lowest BCUT2D eigenvalue weighted by molar-refractivity contribution is 0.414. The van der Waals surface area contributed by atoms with Gasteiger partial charge in [0.15, 0.2) is 0 Å². The first kappa shape index (κ1) is 11.5. The number of hydrogen-bond donors (Lipinski definition) is 1. The van der Waals surface area contributed by atoms with Gasteiger partial charge in [0.05, 0.1) is 7.11 Å². The fourth-order valence-corrected chi connectivity index (χ4v) is 2.26. The van der Waals surface area contributed by atoms with Gasteiger partial charge >= 0.3 is 0 Å². The van der Waals surface area contributed by atoms with Gasteiger partial charge in [0.25, 0.3) is 0 Å². The van der Waals surface area contributed by atoms with Gasteiger partial charge in [-0.1, -0.05) is 23.3 Å². The molecular formula is C13H16ClNO. The van der Waals surface area contributed by atoms with Crippen molar-refractivity contribution in [2.75, 3.05) is 7.11 Å². The lowest BCUT2D eigenvalue weighted by atomic mass is 10.1. The number of benzene rings is 1. The Balaban J connectivity index is 2.29. The third-order valence-corrected chi connectivity index (χ3v) is 3.15. The van der Waals surface area contributed by atoms with Crippen molar-refractivity contribution in [3.63, 3.8) is 0 Å². The summed E-state index contributed by atoms with van der Waals surface area (Å²) in [5.41, 5.74) is 8.30. The Morgan fingerprint density at radius 2 is 2.31 bits per heavy atom. The van der Waals surface area contributed by atoms with Crippen molar-refractivity contribution in [3.8, 4) is 5.75 Å². The van der Waals surface area contributed by atoms with E-state index in [-0.39, 0.29) is 0 Å². The van der Waals surface area contributed by atoms with E-state index in [1.165, 1.54) is 5.57 Å². The average molecular weight is 238 g/mol. The van der Waals surface area contributed by atoms with Gasteiger partial charge in [0, 0.05) is 16.6 Å². The highest BCUT2D eigenvalue weighted by molar-refractivity contribution is 6.30. The van der Waals surface area contributed by atoms with E-state index in [2.05, 4.69) is 6.08 Å². The predicted octanol–water partition coefficient (Wildman–Crippen LogP) is 3.24. The van der Waals surface area contributed by atoms with E-state index in [1.54, 1.807) is 7.11 Å². The van der Waals surface area contributed by atoms with E-state index in [0.717, 1.165) is 35.6 Å². The highest BCUT2D eigenvalue weighted by Crippen LogP contribution is 2.30. The maximum Gasteiger partial charge on any atom is 0.126 e. The Hall–Kier alpha value is -0.990. The molecule has 3 heteroatoms. The van der Waals surface area contributed by atoms with Gasteiger partial charge in [0.1, 0.15) is 5.75 Å². The average Bonchev–Trinajstić information content (AvgIpc) is 2.64. The highest BCUT2D eigenvalue weighted by Gasteiger charge is 2.15. The van der Waals surface area contributed by atoms with Crippen LogP contribution in [0.25, 0.3) is 6.08 Å². The van der Waals surface area contributed by atoms with Crippen LogP contribution in [0.1, 0.15) is 24.8 Å². The van der Waals surface area contributed by atoms with E-state index in [0.29, 0.717) is 6.04 Å². The van der Waals surface area contributed by atoms with Crippen molar-refractivity contribution in [1.82, 2.24) is 0 Å². The van der Waals surface area contributed by atoms with Crippen molar-refractivity contribution in [3.05, 3.63) is 34.4 Å². The standard InChI is InChI=1S/C13H16ClNO/c1-16-13-5-3-11(14)8-10(13)6-9-2-4-12(15)7-9/h3,5-6,8,12H,2,4,7,15H2,1H3. The van der Waals surface area contributed by atoms with Crippen LogP contribution in [-0.2, 0) is 0 Å². The summed E-state index contributed by atoms with van der Waals surface area (Å²) in [5.74, 6) is 0.859. The molecule has 1 aromatic rings. The van der Waals surface area contributed by atoms with Gasteiger partial charge in [0.2, 0.25) is 0 Å². The minimum absolute atomic E-state index is 0.316. The summed E-state index contributed by atoms with van der Waals surface area (Å²) in [6.45, 7) is 0. The molecule has 2 rings (SSSR count). The summed E-state index contributed by atoms with van der Waals surface area (Å²) in [5, 5.41) is 0.731. The SMILES string of the molecule is COc1ccc(Cl)cc1C=C1CCC(N)C1. The van der Waals surface area contributed by atoms with E-state index < -0.39 is 0 Å². The molecule has 2 N–H and O–H groups in total. The first-order valence-corrected chi connectivity index (χ1v) is 5.85. The molecule has 0 heterocycles. The van der Waals surface area contributed by atoms with Gasteiger partial charge < -0.3 is 10.5 Å². The van der Waals surface area contributed by atoms with E-state index in [1.807, 2.05) is 18.2 Å². The summed E-state index contributed by atoms with van der Waals surface area (Å²) >= 11 is 5.98. The molecule has 0 aliphatic heterocycles. The number of hydrogen-bond acceptors (Lipinski definition) is 2. The third-order valence-electron chi connectivity index (χ3n) is 2.91. The Morgan fingerprint density at radius 3 is 2.94 bits per heavy atom. The van der Waals surface area contributed by atoms with E-state index in [9.17, 15) is 0 Å². The molecule has 0 bridgehead atoms.